The third-order valence-electron chi connectivity index (χ3n) is 4.80. The van der Waals surface area contributed by atoms with Gasteiger partial charge < -0.3 is 9.73 Å². The molecule has 0 bridgehead atoms. The van der Waals surface area contributed by atoms with Gasteiger partial charge in [0, 0.05) is 11.4 Å². The van der Waals surface area contributed by atoms with Crippen molar-refractivity contribution in [3.8, 4) is 11.4 Å². The van der Waals surface area contributed by atoms with E-state index in [4.69, 9.17) is 4.42 Å². The van der Waals surface area contributed by atoms with Gasteiger partial charge in [0.1, 0.15) is 11.6 Å². The number of carbonyl (C=O) groups excluding carboxylic acids is 1. The maximum Gasteiger partial charge on any atom is 0.231 e. The van der Waals surface area contributed by atoms with Crippen LogP contribution in [0, 0.1) is 12.7 Å². The number of hydrogen-bond acceptors (Lipinski definition) is 6. The molecule has 3 aromatic heterocycles. The molecular weight excluding hydrogens is 447 g/mol. The standard InChI is InChI=1S/C23H21FN4O2S2/c1-3-11-28-22(18-10-12-30-15(18)2)26-27-23(28)32-14-20(29)25-21(19-5-4-13-31-19)16-6-8-17(24)9-7-16/h3-10,12-13,21H,1,11,14H2,2H3,(H,25,29)/t21-/m0/s1. The summed E-state index contributed by atoms with van der Waals surface area (Å²) in [5.41, 5.74) is 1.67. The van der Waals surface area contributed by atoms with Crippen LogP contribution >= 0.6 is 23.1 Å². The van der Waals surface area contributed by atoms with Crippen molar-refractivity contribution in [1.29, 1.82) is 0 Å². The first-order valence-corrected chi connectivity index (χ1v) is 11.7. The Bertz CT molecular complexity index is 1200. The highest BCUT2D eigenvalue weighted by atomic mass is 32.2. The summed E-state index contributed by atoms with van der Waals surface area (Å²) >= 11 is 2.84. The van der Waals surface area contributed by atoms with Crippen molar-refractivity contribution in [3.05, 3.63) is 88.8 Å². The molecule has 32 heavy (non-hydrogen) atoms. The number of nitrogens with zero attached hydrogens (tertiary/aromatic N) is 3. The van der Waals surface area contributed by atoms with E-state index in [0.717, 1.165) is 21.8 Å². The minimum Gasteiger partial charge on any atom is -0.469 e. The van der Waals surface area contributed by atoms with E-state index in [0.29, 0.717) is 17.5 Å². The van der Waals surface area contributed by atoms with Crippen LogP contribution in [0.3, 0.4) is 0 Å². The van der Waals surface area contributed by atoms with E-state index in [1.165, 1.54) is 35.2 Å². The normalized spacial score (nSPS) is 11.9. The van der Waals surface area contributed by atoms with Crippen molar-refractivity contribution in [2.24, 2.45) is 0 Å². The van der Waals surface area contributed by atoms with Crippen molar-refractivity contribution in [2.45, 2.75) is 24.7 Å². The van der Waals surface area contributed by atoms with Crippen molar-refractivity contribution < 1.29 is 13.6 Å². The molecule has 0 radical (unpaired) electrons. The number of thioether (sulfide) groups is 1. The van der Waals surface area contributed by atoms with Gasteiger partial charge in [-0.3, -0.25) is 9.36 Å². The van der Waals surface area contributed by atoms with E-state index in [2.05, 4.69) is 22.1 Å². The fraction of sp³-hybridized carbons (Fsp3) is 0.174. The molecular formula is C23H21FN4O2S2. The van der Waals surface area contributed by atoms with Crippen LogP contribution in [-0.2, 0) is 11.3 Å². The Hall–Kier alpha value is -3.17. The van der Waals surface area contributed by atoms with E-state index in [-0.39, 0.29) is 23.5 Å². The summed E-state index contributed by atoms with van der Waals surface area (Å²) in [6.07, 6.45) is 3.37. The first-order chi connectivity index (χ1) is 15.6. The van der Waals surface area contributed by atoms with E-state index in [1.807, 2.05) is 35.1 Å². The van der Waals surface area contributed by atoms with Crippen molar-refractivity contribution in [2.75, 3.05) is 5.75 Å². The molecule has 0 aliphatic heterocycles. The summed E-state index contributed by atoms with van der Waals surface area (Å²) in [4.78, 5) is 13.8. The zero-order valence-electron chi connectivity index (χ0n) is 17.3. The van der Waals surface area contributed by atoms with Gasteiger partial charge in [-0.05, 0) is 42.1 Å². The molecule has 1 amide bonds. The molecule has 0 saturated carbocycles. The smallest absolute Gasteiger partial charge is 0.231 e. The number of aryl methyl sites for hydroxylation is 1. The summed E-state index contributed by atoms with van der Waals surface area (Å²) in [6.45, 7) is 6.18. The Kier molecular flexibility index (Phi) is 6.87. The van der Waals surface area contributed by atoms with Crippen molar-refractivity contribution >= 4 is 29.0 Å². The fourth-order valence-electron chi connectivity index (χ4n) is 3.27. The van der Waals surface area contributed by atoms with Crippen LogP contribution in [-0.4, -0.2) is 26.4 Å². The summed E-state index contributed by atoms with van der Waals surface area (Å²) in [7, 11) is 0. The molecule has 164 valence electrons. The van der Waals surface area contributed by atoms with Gasteiger partial charge in [-0.15, -0.1) is 28.1 Å². The SMILES string of the molecule is C=CCn1c(SCC(=O)N[C@@H](c2ccc(F)cc2)c2cccs2)nnc1-c1ccoc1C. The topological polar surface area (TPSA) is 73.0 Å². The number of benzene rings is 1. The van der Waals surface area contributed by atoms with Crippen LogP contribution in [0.4, 0.5) is 4.39 Å². The highest BCUT2D eigenvalue weighted by Gasteiger charge is 2.21. The monoisotopic (exact) mass is 468 g/mol. The fourth-order valence-corrected chi connectivity index (χ4v) is 4.83. The van der Waals surface area contributed by atoms with Gasteiger partial charge in [0.15, 0.2) is 11.0 Å². The Morgan fingerprint density at radius 2 is 2.12 bits per heavy atom. The zero-order chi connectivity index (χ0) is 22.5. The molecule has 0 aliphatic rings. The number of aromatic nitrogens is 3. The lowest BCUT2D eigenvalue weighted by Crippen LogP contribution is -2.30. The summed E-state index contributed by atoms with van der Waals surface area (Å²) in [5.74, 6) is 1.09. The van der Waals surface area contributed by atoms with E-state index >= 15 is 0 Å². The van der Waals surface area contributed by atoms with Crippen LogP contribution < -0.4 is 5.32 Å². The molecule has 0 unspecified atom stereocenters. The van der Waals surface area contributed by atoms with Gasteiger partial charge in [0.25, 0.3) is 0 Å². The Balaban J connectivity index is 1.49. The number of nitrogens with one attached hydrogen (secondary N) is 1. The molecule has 1 atom stereocenters. The van der Waals surface area contributed by atoms with Gasteiger partial charge in [0.2, 0.25) is 5.91 Å². The van der Waals surface area contributed by atoms with Crippen molar-refractivity contribution in [3.63, 3.8) is 0 Å². The largest absolute Gasteiger partial charge is 0.469 e. The summed E-state index contributed by atoms with van der Waals surface area (Å²) in [6, 6.07) is 11.5. The summed E-state index contributed by atoms with van der Waals surface area (Å²) in [5, 5.41) is 14.2. The molecule has 1 aromatic carbocycles. The van der Waals surface area contributed by atoms with Gasteiger partial charge in [-0.25, -0.2) is 4.39 Å². The predicted molar refractivity (Wildman–Crippen MR) is 124 cm³/mol. The highest BCUT2D eigenvalue weighted by Crippen LogP contribution is 2.29. The average Bonchev–Trinajstić information content (AvgIpc) is 3.53. The van der Waals surface area contributed by atoms with E-state index in [9.17, 15) is 9.18 Å². The van der Waals surface area contributed by atoms with Gasteiger partial charge >= 0.3 is 0 Å². The number of furan rings is 1. The maximum atomic E-state index is 13.4. The second-order valence-electron chi connectivity index (χ2n) is 6.95. The minimum atomic E-state index is -0.348. The second kappa shape index (κ2) is 9.97. The van der Waals surface area contributed by atoms with Gasteiger partial charge in [0.05, 0.1) is 23.6 Å². The van der Waals surface area contributed by atoms with Crippen LogP contribution in [0.1, 0.15) is 22.2 Å². The molecule has 0 aliphatic carbocycles. The third-order valence-corrected chi connectivity index (χ3v) is 6.70. The lowest BCUT2D eigenvalue weighted by atomic mass is 10.1. The van der Waals surface area contributed by atoms with Gasteiger partial charge in [-0.1, -0.05) is 36.0 Å². The average molecular weight is 469 g/mol. The number of allylic oxidation sites excluding steroid dienone is 1. The summed E-state index contributed by atoms with van der Waals surface area (Å²) < 4.78 is 20.7. The molecule has 4 rings (SSSR count). The Morgan fingerprint density at radius 1 is 1.31 bits per heavy atom. The number of halogens is 1. The van der Waals surface area contributed by atoms with Crippen LogP contribution in [0.2, 0.25) is 0 Å². The lowest BCUT2D eigenvalue weighted by Gasteiger charge is -2.18. The Labute approximate surface area is 193 Å². The zero-order valence-corrected chi connectivity index (χ0v) is 19.0. The molecule has 3 heterocycles. The van der Waals surface area contributed by atoms with E-state index < -0.39 is 0 Å². The molecule has 0 saturated heterocycles. The second-order valence-corrected chi connectivity index (χ2v) is 8.87. The molecule has 0 fully saturated rings. The number of rotatable bonds is 9. The van der Waals surface area contributed by atoms with Crippen LogP contribution in [0.25, 0.3) is 11.4 Å². The van der Waals surface area contributed by atoms with Gasteiger partial charge in [-0.2, -0.15) is 0 Å². The minimum absolute atomic E-state index is 0.155. The molecule has 1 N–H and O–H groups in total. The number of amides is 1. The lowest BCUT2D eigenvalue weighted by molar-refractivity contribution is -0.119. The first kappa shape index (κ1) is 22.0. The highest BCUT2D eigenvalue weighted by molar-refractivity contribution is 7.99. The first-order valence-electron chi connectivity index (χ1n) is 9.86. The number of carbonyl (C=O) groups is 1. The number of thiophene rings is 1. The van der Waals surface area contributed by atoms with Crippen molar-refractivity contribution in [1.82, 2.24) is 20.1 Å². The molecule has 0 spiro atoms. The molecule has 6 nitrogen and oxygen atoms in total. The van der Waals surface area contributed by atoms with E-state index in [1.54, 1.807) is 24.5 Å². The quantitative estimate of drug-likeness (QED) is 0.269. The molecule has 9 heteroatoms. The Morgan fingerprint density at radius 3 is 2.78 bits per heavy atom. The number of hydrogen-bond donors (Lipinski definition) is 1. The maximum absolute atomic E-state index is 13.4. The van der Waals surface area contributed by atoms with Crippen LogP contribution in [0.5, 0.6) is 0 Å². The third kappa shape index (κ3) is 4.84. The molecule has 4 aromatic rings. The van der Waals surface area contributed by atoms with Crippen LogP contribution in [0.15, 0.2) is 76.3 Å². The predicted octanol–water partition coefficient (Wildman–Crippen LogP) is 5.23.